The van der Waals surface area contributed by atoms with Crippen LogP contribution in [0, 0.1) is 5.92 Å². The Morgan fingerprint density at radius 2 is 1.94 bits per heavy atom. The van der Waals surface area contributed by atoms with Gasteiger partial charge in [0.15, 0.2) is 0 Å². The number of likely N-dealkylation sites (tertiary alicyclic amines) is 1. The van der Waals surface area contributed by atoms with Gasteiger partial charge in [-0.15, -0.1) is 0 Å². The van der Waals surface area contributed by atoms with E-state index in [0.717, 1.165) is 44.1 Å². The van der Waals surface area contributed by atoms with Crippen molar-refractivity contribution in [3.63, 3.8) is 0 Å². The van der Waals surface area contributed by atoms with Crippen LogP contribution in [0.3, 0.4) is 0 Å². The Labute approximate surface area is 214 Å². The number of hydrogen-bond donors (Lipinski definition) is 3. The summed E-state index contributed by atoms with van der Waals surface area (Å²) in [6.45, 7) is 4.65. The molecule has 1 saturated carbocycles. The van der Waals surface area contributed by atoms with Gasteiger partial charge in [0.25, 0.3) is 5.91 Å². The molecule has 2 saturated heterocycles. The molecule has 2 atom stereocenters. The number of carbonyl (C=O) groups is 3. The van der Waals surface area contributed by atoms with E-state index in [4.69, 9.17) is 0 Å². The zero-order valence-corrected chi connectivity index (χ0v) is 21.7. The number of aliphatic hydroxyl groups is 1. The van der Waals surface area contributed by atoms with Crippen molar-refractivity contribution in [3.8, 4) is 0 Å². The van der Waals surface area contributed by atoms with Crippen molar-refractivity contribution in [1.82, 2.24) is 25.4 Å². The number of rotatable bonds is 8. The van der Waals surface area contributed by atoms with Crippen LogP contribution in [0.5, 0.6) is 0 Å². The summed E-state index contributed by atoms with van der Waals surface area (Å²) in [7, 11) is 1.58. The molecule has 0 radical (unpaired) electrons. The van der Waals surface area contributed by atoms with Crippen molar-refractivity contribution in [2.45, 2.75) is 88.9 Å². The summed E-state index contributed by atoms with van der Waals surface area (Å²) >= 11 is 0. The van der Waals surface area contributed by atoms with Crippen molar-refractivity contribution in [3.05, 3.63) is 29.6 Å². The van der Waals surface area contributed by atoms with Crippen molar-refractivity contribution in [2.24, 2.45) is 5.92 Å². The van der Waals surface area contributed by atoms with Gasteiger partial charge in [-0.1, -0.05) is 38.7 Å². The Morgan fingerprint density at radius 1 is 1.22 bits per heavy atom. The van der Waals surface area contributed by atoms with Crippen molar-refractivity contribution < 1.29 is 19.5 Å². The smallest absolute Gasteiger partial charge is 0.269 e. The van der Waals surface area contributed by atoms with Gasteiger partial charge in [-0.2, -0.15) is 0 Å². The van der Waals surface area contributed by atoms with Gasteiger partial charge in [0.1, 0.15) is 17.3 Å². The molecular formula is C27H41N5O4. The number of carbonyl (C=O) groups excluding carboxylic acids is 3. The summed E-state index contributed by atoms with van der Waals surface area (Å²) in [4.78, 5) is 47.4. The molecule has 2 aliphatic heterocycles. The standard InChI is InChI=1S/C27H41N5O4/c1-3-4-14-32-25(35)22(23(33)20-8-6-5-7-9-20)30-26(36)27(32)12-15-31(16-13-27)18-19-10-11-21(29-17-19)24(34)28-2/h10-11,17,20,22-23,33H,3-9,12-16,18H2,1-2H3,(H,28,34)(H,30,36)/t22-,23-/m1/s1. The highest BCUT2D eigenvalue weighted by Crippen LogP contribution is 2.36. The highest BCUT2D eigenvalue weighted by atomic mass is 16.3. The number of aliphatic hydroxyl groups excluding tert-OH is 1. The number of nitrogens with zero attached hydrogens (tertiary/aromatic N) is 3. The van der Waals surface area contributed by atoms with Crippen LogP contribution in [0.1, 0.15) is 80.8 Å². The van der Waals surface area contributed by atoms with Crippen LogP contribution in [-0.2, 0) is 16.1 Å². The average Bonchev–Trinajstić information content (AvgIpc) is 2.92. The number of piperazine rings is 1. The fourth-order valence-electron chi connectivity index (χ4n) is 6.08. The third kappa shape index (κ3) is 5.42. The molecule has 36 heavy (non-hydrogen) atoms. The van der Waals surface area contributed by atoms with E-state index in [-0.39, 0.29) is 23.6 Å². The maximum absolute atomic E-state index is 13.7. The SMILES string of the molecule is CCCCN1C(=O)[C@@H]([C@H](O)C2CCCCC2)NC(=O)C12CCN(Cc1ccc(C(=O)NC)nc1)CC2. The van der Waals surface area contributed by atoms with Crippen LogP contribution in [0.2, 0.25) is 0 Å². The number of hydrogen-bond acceptors (Lipinski definition) is 6. The van der Waals surface area contributed by atoms with Crippen LogP contribution >= 0.6 is 0 Å². The minimum absolute atomic E-state index is 0.0697. The number of piperidine rings is 1. The fourth-order valence-corrected chi connectivity index (χ4v) is 6.08. The van der Waals surface area contributed by atoms with Gasteiger partial charge in [-0.25, -0.2) is 0 Å². The molecule has 4 rings (SSSR count). The monoisotopic (exact) mass is 499 g/mol. The van der Waals surface area contributed by atoms with Crippen LogP contribution in [0.25, 0.3) is 0 Å². The second kappa shape index (κ2) is 11.7. The van der Waals surface area contributed by atoms with Crippen molar-refractivity contribution >= 4 is 17.7 Å². The molecule has 3 aliphatic rings. The lowest BCUT2D eigenvalue weighted by molar-refractivity contribution is -0.166. The van der Waals surface area contributed by atoms with Gasteiger partial charge in [0.05, 0.1) is 6.10 Å². The Bertz CT molecular complexity index is 923. The number of amides is 3. The van der Waals surface area contributed by atoms with Crippen LogP contribution in [-0.4, -0.2) is 82.0 Å². The van der Waals surface area contributed by atoms with E-state index in [2.05, 4.69) is 27.4 Å². The number of nitrogens with one attached hydrogen (secondary N) is 2. The van der Waals surface area contributed by atoms with E-state index in [1.54, 1.807) is 19.3 Å². The molecule has 1 aliphatic carbocycles. The van der Waals surface area contributed by atoms with Crippen LogP contribution < -0.4 is 10.6 Å². The molecule has 9 nitrogen and oxygen atoms in total. The molecule has 1 aromatic rings. The van der Waals surface area contributed by atoms with E-state index < -0.39 is 17.7 Å². The zero-order chi connectivity index (χ0) is 25.7. The highest BCUT2D eigenvalue weighted by molar-refractivity contribution is 6.00. The first-order chi connectivity index (χ1) is 17.4. The number of unbranched alkanes of at least 4 members (excludes halogenated alkanes) is 1. The molecule has 3 amide bonds. The Morgan fingerprint density at radius 3 is 2.56 bits per heavy atom. The van der Waals surface area contributed by atoms with Gasteiger partial charge in [0.2, 0.25) is 11.8 Å². The van der Waals surface area contributed by atoms with E-state index in [9.17, 15) is 19.5 Å². The predicted octanol–water partition coefficient (Wildman–Crippen LogP) is 1.84. The van der Waals surface area contributed by atoms with Gasteiger partial charge in [0, 0.05) is 39.4 Å². The van der Waals surface area contributed by atoms with Gasteiger partial charge in [-0.05, 0) is 49.7 Å². The summed E-state index contributed by atoms with van der Waals surface area (Å²) in [5.74, 6) is -0.383. The lowest BCUT2D eigenvalue weighted by Crippen LogP contribution is -2.75. The van der Waals surface area contributed by atoms with E-state index in [1.165, 1.54) is 6.42 Å². The summed E-state index contributed by atoms with van der Waals surface area (Å²) < 4.78 is 0. The van der Waals surface area contributed by atoms with Crippen LogP contribution in [0.15, 0.2) is 18.3 Å². The molecule has 0 bridgehead atoms. The minimum Gasteiger partial charge on any atom is -0.390 e. The average molecular weight is 500 g/mol. The number of pyridine rings is 1. The first-order valence-corrected chi connectivity index (χ1v) is 13.6. The first kappa shape index (κ1) is 26.5. The number of aromatic nitrogens is 1. The third-order valence-corrected chi connectivity index (χ3v) is 8.34. The summed E-state index contributed by atoms with van der Waals surface area (Å²) in [5, 5.41) is 16.6. The molecule has 3 fully saturated rings. The topological polar surface area (TPSA) is 115 Å². The van der Waals surface area contributed by atoms with Gasteiger partial charge < -0.3 is 20.6 Å². The first-order valence-electron chi connectivity index (χ1n) is 13.6. The minimum atomic E-state index is -0.854. The molecule has 0 aromatic carbocycles. The Kier molecular flexibility index (Phi) is 8.62. The highest BCUT2D eigenvalue weighted by Gasteiger charge is 2.55. The molecular weight excluding hydrogens is 458 g/mol. The lowest BCUT2D eigenvalue weighted by atomic mass is 9.78. The predicted molar refractivity (Wildman–Crippen MR) is 136 cm³/mol. The van der Waals surface area contributed by atoms with Gasteiger partial charge in [-0.3, -0.25) is 24.3 Å². The second-order valence-electron chi connectivity index (χ2n) is 10.6. The van der Waals surface area contributed by atoms with Crippen molar-refractivity contribution in [1.29, 1.82) is 0 Å². The van der Waals surface area contributed by atoms with Crippen molar-refractivity contribution in [2.75, 3.05) is 26.7 Å². The molecule has 3 N–H and O–H groups in total. The van der Waals surface area contributed by atoms with Gasteiger partial charge >= 0.3 is 0 Å². The quantitative estimate of drug-likeness (QED) is 0.503. The molecule has 0 unspecified atom stereocenters. The maximum atomic E-state index is 13.7. The molecule has 198 valence electrons. The zero-order valence-electron chi connectivity index (χ0n) is 21.7. The van der Waals surface area contributed by atoms with Crippen LogP contribution in [0.4, 0.5) is 0 Å². The molecule has 3 heterocycles. The van der Waals surface area contributed by atoms with E-state index in [0.29, 0.717) is 44.7 Å². The fraction of sp³-hybridized carbons (Fsp3) is 0.704. The Hall–Kier alpha value is -2.52. The normalized spacial score (nSPS) is 24.0. The van der Waals surface area contributed by atoms with E-state index >= 15 is 0 Å². The molecule has 1 aromatic heterocycles. The third-order valence-electron chi connectivity index (χ3n) is 8.34. The molecule has 9 heteroatoms. The molecule has 1 spiro atoms. The summed E-state index contributed by atoms with van der Waals surface area (Å²) in [5.41, 5.74) is 0.529. The largest absolute Gasteiger partial charge is 0.390 e. The van der Waals surface area contributed by atoms with E-state index in [1.807, 2.05) is 11.0 Å². The lowest BCUT2D eigenvalue weighted by Gasteiger charge is -2.52. The summed E-state index contributed by atoms with van der Waals surface area (Å²) in [6, 6.07) is 2.78. The maximum Gasteiger partial charge on any atom is 0.269 e. The summed E-state index contributed by atoms with van der Waals surface area (Å²) in [6.07, 6.45) is 8.91. The Balaban J connectivity index is 1.44. The second-order valence-corrected chi connectivity index (χ2v) is 10.6.